The number of fused-ring (bicyclic) bond motifs is 1. The van der Waals surface area contributed by atoms with E-state index in [1.165, 1.54) is 24.6 Å². The number of carboxylic acids is 1. The highest BCUT2D eigenvalue weighted by Gasteiger charge is 2.25. The van der Waals surface area contributed by atoms with Crippen LogP contribution in [0.2, 0.25) is 0 Å². The Morgan fingerprint density at radius 3 is 3.00 bits per heavy atom. The Labute approximate surface area is 127 Å². The standard InChI is InChI=1S/C15H18N2O3S/c1-2-20-12-5-3-4-11-14(12)16-15(21-9-13(18)19)17(11)8-10-6-7-10/h3-5,10H,2,6-9H2,1H3,(H,18,19). The fourth-order valence-electron chi connectivity index (χ4n) is 2.34. The summed E-state index contributed by atoms with van der Waals surface area (Å²) in [5.41, 5.74) is 1.86. The quantitative estimate of drug-likeness (QED) is 0.797. The number of imidazole rings is 1. The molecule has 1 N–H and O–H groups in total. The molecule has 1 heterocycles. The molecule has 1 aromatic carbocycles. The zero-order valence-corrected chi connectivity index (χ0v) is 12.7. The third kappa shape index (κ3) is 3.15. The lowest BCUT2D eigenvalue weighted by Crippen LogP contribution is -2.04. The van der Waals surface area contributed by atoms with Crippen LogP contribution in [0.1, 0.15) is 19.8 Å². The van der Waals surface area contributed by atoms with Gasteiger partial charge in [-0.25, -0.2) is 4.98 Å². The van der Waals surface area contributed by atoms with Gasteiger partial charge in [0, 0.05) is 6.54 Å². The fourth-order valence-corrected chi connectivity index (χ4v) is 3.08. The minimum absolute atomic E-state index is 0.0258. The monoisotopic (exact) mass is 306 g/mol. The zero-order valence-electron chi connectivity index (χ0n) is 11.9. The first-order valence-electron chi connectivity index (χ1n) is 7.15. The lowest BCUT2D eigenvalue weighted by Gasteiger charge is -2.07. The molecule has 112 valence electrons. The summed E-state index contributed by atoms with van der Waals surface area (Å²) in [5.74, 6) is 0.664. The average Bonchev–Trinajstić information content (AvgIpc) is 3.20. The predicted octanol–water partition coefficient (Wildman–Crippen LogP) is 3.02. The number of para-hydroxylation sites is 1. The van der Waals surface area contributed by atoms with E-state index in [-0.39, 0.29) is 5.75 Å². The van der Waals surface area contributed by atoms with Crippen molar-refractivity contribution in [3.63, 3.8) is 0 Å². The number of aromatic nitrogens is 2. The number of carbonyl (C=O) groups is 1. The van der Waals surface area contributed by atoms with Crippen LogP contribution in [0.4, 0.5) is 0 Å². The Balaban J connectivity index is 2.01. The largest absolute Gasteiger partial charge is 0.492 e. The number of ether oxygens (including phenoxy) is 1. The minimum Gasteiger partial charge on any atom is -0.492 e. The normalized spacial score (nSPS) is 14.5. The van der Waals surface area contributed by atoms with Crippen molar-refractivity contribution >= 4 is 28.8 Å². The van der Waals surface area contributed by atoms with Gasteiger partial charge in [0.1, 0.15) is 11.3 Å². The molecule has 6 heteroatoms. The molecule has 1 aromatic heterocycles. The third-order valence-electron chi connectivity index (χ3n) is 3.47. The summed E-state index contributed by atoms with van der Waals surface area (Å²) in [7, 11) is 0. The van der Waals surface area contributed by atoms with Crippen molar-refractivity contribution in [3.05, 3.63) is 18.2 Å². The lowest BCUT2D eigenvalue weighted by atomic mass is 10.3. The molecular formula is C15H18N2O3S. The van der Waals surface area contributed by atoms with Gasteiger partial charge < -0.3 is 14.4 Å². The molecule has 5 nitrogen and oxygen atoms in total. The summed E-state index contributed by atoms with van der Waals surface area (Å²) in [6.45, 7) is 3.44. The van der Waals surface area contributed by atoms with Crippen molar-refractivity contribution in [1.82, 2.24) is 9.55 Å². The van der Waals surface area contributed by atoms with Crippen molar-refractivity contribution < 1.29 is 14.6 Å². The Morgan fingerprint density at radius 1 is 1.52 bits per heavy atom. The molecule has 0 radical (unpaired) electrons. The van der Waals surface area contributed by atoms with Gasteiger partial charge in [-0.3, -0.25) is 4.79 Å². The second-order valence-electron chi connectivity index (χ2n) is 5.19. The number of thioether (sulfide) groups is 1. The maximum atomic E-state index is 10.8. The van der Waals surface area contributed by atoms with Gasteiger partial charge >= 0.3 is 5.97 Å². The van der Waals surface area contributed by atoms with Gasteiger partial charge in [0.15, 0.2) is 5.16 Å². The van der Waals surface area contributed by atoms with Gasteiger partial charge in [-0.2, -0.15) is 0 Å². The maximum Gasteiger partial charge on any atom is 0.313 e. The van der Waals surface area contributed by atoms with Crippen molar-refractivity contribution in [2.45, 2.75) is 31.5 Å². The van der Waals surface area contributed by atoms with Gasteiger partial charge in [-0.15, -0.1) is 0 Å². The van der Waals surface area contributed by atoms with Crippen LogP contribution in [0.5, 0.6) is 5.75 Å². The summed E-state index contributed by atoms with van der Waals surface area (Å²) < 4.78 is 7.77. The first-order valence-corrected chi connectivity index (χ1v) is 8.14. The second kappa shape index (κ2) is 5.97. The number of nitrogens with zero attached hydrogens (tertiary/aromatic N) is 2. The number of carboxylic acid groups (broad SMARTS) is 1. The van der Waals surface area contributed by atoms with E-state index in [0.717, 1.165) is 28.5 Å². The molecule has 0 amide bonds. The molecule has 0 saturated heterocycles. The van der Waals surface area contributed by atoms with E-state index in [4.69, 9.17) is 9.84 Å². The topological polar surface area (TPSA) is 64.3 Å². The Hall–Kier alpha value is -1.69. The fraction of sp³-hybridized carbons (Fsp3) is 0.467. The summed E-state index contributed by atoms with van der Waals surface area (Å²) in [4.78, 5) is 15.4. The van der Waals surface area contributed by atoms with E-state index in [1.54, 1.807) is 0 Å². The molecule has 0 unspecified atom stereocenters. The molecule has 0 atom stereocenters. The maximum absolute atomic E-state index is 10.8. The zero-order chi connectivity index (χ0) is 14.8. The number of hydrogen-bond donors (Lipinski definition) is 1. The van der Waals surface area contributed by atoms with Crippen LogP contribution in [-0.4, -0.2) is 33.0 Å². The smallest absolute Gasteiger partial charge is 0.313 e. The van der Waals surface area contributed by atoms with E-state index in [2.05, 4.69) is 9.55 Å². The van der Waals surface area contributed by atoms with Crippen LogP contribution in [0.25, 0.3) is 11.0 Å². The van der Waals surface area contributed by atoms with Crippen LogP contribution in [0.15, 0.2) is 23.4 Å². The van der Waals surface area contributed by atoms with Crippen molar-refractivity contribution in [1.29, 1.82) is 0 Å². The van der Waals surface area contributed by atoms with E-state index < -0.39 is 5.97 Å². The van der Waals surface area contributed by atoms with Crippen molar-refractivity contribution in [2.24, 2.45) is 5.92 Å². The summed E-state index contributed by atoms with van der Waals surface area (Å²) in [5, 5.41) is 9.66. The van der Waals surface area contributed by atoms with Crippen LogP contribution in [0.3, 0.4) is 0 Å². The van der Waals surface area contributed by atoms with Crippen LogP contribution >= 0.6 is 11.8 Å². The Kier molecular flexibility index (Phi) is 4.05. The Morgan fingerprint density at radius 2 is 2.33 bits per heavy atom. The number of rotatable bonds is 7. The molecule has 2 aromatic rings. The molecule has 1 aliphatic rings. The first-order chi connectivity index (χ1) is 10.2. The summed E-state index contributed by atoms with van der Waals surface area (Å²) >= 11 is 1.27. The molecule has 1 fully saturated rings. The van der Waals surface area contributed by atoms with Crippen molar-refractivity contribution in [3.8, 4) is 5.75 Å². The van der Waals surface area contributed by atoms with Crippen LogP contribution < -0.4 is 4.74 Å². The van der Waals surface area contributed by atoms with Gasteiger partial charge in [-0.1, -0.05) is 17.8 Å². The van der Waals surface area contributed by atoms with Gasteiger partial charge in [0.05, 0.1) is 17.9 Å². The highest BCUT2D eigenvalue weighted by atomic mass is 32.2. The van der Waals surface area contributed by atoms with Crippen LogP contribution in [0, 0.1) is 5.92 Å². The molecule has 1 aliphatic carbocycles. The second-order valence-corrected chi connectivity index (χ2v) is 6.13. The Bertz CT molecular complexity index is 664. The van der Waals surface area contributed by atoms with E-state index in [9.17, 15) is 4.79 Å². The van der Waals surface area contributed by atoms with Gasteiger partial charge in [0.25, 0.3) is 0 Å². The SMILES string of the molecule is CCOc1cccc2c1nc(SCC(=O)O)n2CC1CC1. The molecule has 0 spiro atoms. The molecule has 3 rings (SSSR count). The number of benzene rings is 1. The van der Waals surface area contributed by atoms with E-state index in [0.29, 0.717) is 12.5 Å². The summed E-state index contributed by atoms with van der Waals surface area (Å²) in [6.07, 6.45) is 2.49. The number of aliphatic carboxylic acids is 1. The van der Waals surface area contributed by atoms with Gasteiger partial charge in [-0.05, 0) is 37.8 Å². The van der Waals surface area contributed by atoms with E-state index >= 15 is 0 Å². The summed E-state index contributed by atoms with van der Waals surface area (Å²) in [6, 6.07) is 5.90. The first kappa shape index (κ1) is 14.3. The predicted molar refractivity (Wildman–Crippen MR) is 82.0 cm³/mol. The molecular weight excluding hydrogens is 288 g/mol. The van der Waals surface area contributed by atoms with Crippen molar-refractivity contribution in [2.75, 3.05) is 12.4 Å². The van der Waals surface area contributed by atoms with Crippen LogP contribution in [-0.2, 0) is 11.3 Å². The average molecular weight is 306 g/mol. The highest BCUT2D eigenvalue weighted by Crippen LogP contribution is 2.36. The molecule has 0 aliphatic heterocycles. The highest BCUT2D eigenvalue weighted by molar-refractivity contribution is 7.99. The van der Waals surface area contributed by atoms with Gasteiger partial charge in [0.2, 0.25) is 0 Å². The number of hydrogen-bond acceptors (Lipinski definition) is 4. The third-order valence-corrected chi connectivity index (χ3v) is 4.43. The minimum atomic E-state index is -0.824. The lowest BCUT2D eigenvalue weighted by molar-refractivity contribution is -0.133. The van der Waals surface area contributed by atoms with E-state index in [1.807, 2.05) is 25.1 Å². The molecule has 0 bridgehead atoms. The molecule has 21 heavy (non-hydrogen) atoms. The molecule has 1 saturated carbocycles.